The van der Waals surface area contributed by atoms with Crippen LogP contribution >= 0.6 is 0 Å². The van der Waals surface area contributed by atoms with E-state index in [0.29, 0.717) is 12.7 Å². The molecule has 0 aliphatic carbocycles. The van der Waals surface area contributed by atoms with Crippen LogP contribution in [0, 0.1) is 0 Å². The zero-order valence-corrected chi connectivity index (χ0v) is 14.0. The lowest BCUT2D eigenvalue weighted by Crippen LogP contribution is -2.38. The van der Waals surface area contributed by atoms with E-state index >= 15 is 0 Å². The Bertz CT molecular complexity index is 675. The maximum atomic E-state index is 12.8. The average molecular weight is 349 g/mol. The van der Waals surface area contributed by atoms with Gasteiger partial charge in [-0.05, 0) is 48.5 Å². The van der Waals surface area contributed by atoms with Crippen LogP contribution in [0.15, 0.2) is 48.5 Å². The second kappa shape index (κ2) is 7.17. The molecule has 1 N–H and O–H groups in total. The quantitative estimate of drug-likeness (QED) is 0.867. The highest BCUT2D eigenvalue weighted by atomic mass is 19.3. The minimum Gasteiger partial charge on any atom is -0.508 e. The molecule has 4 nitrogen and oxygen atoms in total. The molecule has 134 valence electrons. The molecular formula is C19H21F2NO3. The summed E-state index contributed by atoms with van der Waals surface area (Å²) in [6.45, 7) is 2.43. The average Bonchev–Trinajstić information content (AvgIpc) is 2.57. The molecule has 0 atom stereocenters. The van der Waals surface area contributed by atoms with Gasteiger partial charge in [0.05, 0.1) is 0 Å². The van der Waals surface area contributed by atoms with Crippen LogP contribution in [0.4, 0.5) is 14.5 Å². The Morgan fingerprint density at radius 3 is 2.08 bits per heavy atom. The van der Waals surface area contributed by atoms with Crippen LogP contribution < -0.4 is 14.4 Å². The number of hydrogen-bond acceptors (Lipinski definition) is 4. The van der Waals surface area contributed by atoms with Crippen LogP contribution in [0.2, 0.25) is 0 Å². The van der Waals surface area contributed by atoms with E-state index in [1.54, 1.807) is 24.3 Å². The SMILES string of the molecule is CC(F)(F)Oc1ccc(OC2CCN(c3ccc(O)cc3)CC2)cc1. The minimum absolute atomic E-state index is 0.0905. The van der Waals surface area contributed by atoms with Crippen LogP contribution in [0.25, 0.3) is 0 Å². The maximum Gasteiger partial charge on any atom is 0.394 e. The topological polar surface area (TPSA) is 41.9 Å². The van der Waals surface area contributed by atoms with E-state index in [4.69, 9.17) is 4.74 Å². The Kier molecular flexibility index (Phi) is 4.97. The highest BCUT2D eigenvalue weighted by molar-refractivity contribution is 5.49. The summed E-state index contributed by atoms with van der Waals surface area (Å²) in [5.41, 5.74) is 1.08. The van der Waals surface area contributed by atoms with Gasteiger partial charge in [0.1, 0.15) is 23.4 Å². The molecule has 0 unspecified atom stereocenters. The number of halogens is 2. The Balaban J connectivity index is 1.51. The standard InChI is InChI=1S/C19H21F2NO3/c1-19(20,21)25-18-8-6-16(7-9-18)24-17-10-12-22(13-11-17)14-2-4-15(23)5-3-14/h2-9,17,23H,10-13H2,1H3. The van der Waals surface area contributed by atoms with Gasteiger partial charge < -0.3 is 19.5 Å². The normalized spacial score (nSPS) is 15.9. The van der Waals surface area contributed by atoms with Gasteiger partial charge in [-0.15, -0.1) is 0 Å². The maximum absolute atomic E-state index is 12.8. The number of benzene rings is 2. The molecule has 0 aromatic heterocycles. The van der Waals surface area contributed by atoms with Crippen molar-refractivity contribution in [2.24, 2.45) is 0 Å². The highest BCUT2D eigenvalue weighted by Crippen LogP contribution is 2.27. The van der Waals surface area contributed by atoms with Crippen LogP contribution in [-0.4, -0.2) is 30.4 Å². The van der Waals surface area contributed by atoms with Gasteiger partial charge in [0.2, 0.25) is 0 Å². The second-order valence-electron chi connectivity index (χ2n) is 6.20. The van der Waals surface area contributed by atoms with Gasteiger partial charge in [0.15, 0.2) is 0 Å². The van der Waals surface area contributed by atoms with E-state index in [0.717, 1.165) is 31.6 Å². The van der Waals surface area contributed by atoms with Crippen molar-refractivity contribution in [2.75, 3.05) is 18.0 Å². The summed E-state index contributed by atoms with van der Waals surface area (Å²) in [5, 5.41) is 9.35. The van der Waals surface area contributed by atoms with Gasteiger partial charge in [0, 0.05) is 38.5 Å². The van der Waals surface area contributed by atoms with Gasteiger partial charge in [-0.2, -0.15) is 8.78 Å². The van der Waals surface area contributed by atoms with E-state index in [-0.39, 0.29) is 17.6 Å². The lowest BCUT2D eigenvalue weighted by molar-refractivity contribution is -0.158. The van der Waals surface area contributed by atoms with Gasteiger partial charge in [-0.3, -0.25) is 0 Å². The molecule has 3 rings (SSSR count). The minimum atomic E-state index is -3.19. The van der Waals surface area contributed by atoms with Crippen molar-refractivity contribution in [3.63, 3.8) is 0 Å². The number of alkyl halides is 2. The number of anilines is 1. The highest BCUT2D eigenvalue weighted by Gasteiger charge is 2.23. The predicted molar refractivity (Wildman–Crippen MR) is 91.7 cm³/mol. The zero-order valence-electron chi connectivity index (χ0n) is 14.0. The Hall–Kier alpha value is -2.50. The van der Waals surface area contributed by atoms with Crippen LogP contribution in [0.1, 0.15) is 19.8 Å². The van der Waals surface area contributed by atoms with Crippen LogP contribution in [0.3, 0.4) is 0 Å². The molecule has 2 aromatic rings. The first-order valence-electron chi connectivity index (χ1n) is 8.26. The molecule has 1 aliphatic rings. The molecule has 1 saturated heterocycles. The molecule has 6 heteroatoms. The summed E-state index contributed by atoms with van der Waals surface area (Å²) < 4.78 is 36.1. The van der Waals surface area contributed by atoms with Gasteiger partial charge in [0.25, 0.3) is 0 Å². The first-order chi connectivity index (χ1) is 11.9. The van der Waals surface area contributed by atoms with Gasteiger partial charge >= 0.3 is 6.11 Å². The lowest BCUT2D eigenvalue weighted by Gasteiger charge is -2.33. The third-order valence-corrected chi connectivity index (χ3v) is 4.08. The number of aromatic hydroxyl groups is 1. The van der Waals surface area contributed by atoms with Crippen molar-refractivity contribution in [1.29, 1.82) is 0 Å². The molecule has 25 heavy (non-hydrogen) atoms. The lowest BCUT2D eigenvalue weighted by atomic mass is 10.1. The second-order valence-corrected chi connectivity index (χ2v) is 6.20. The number of rotatable bonds is 5. The Labute approximate surface area is 145 Å². The fourth-order valence-electron chi connectivity index (χ4n) is 2.88. The number of phenols is 1. The molecule has 0 radical (unpaired) electrons. The van der Waals surface area contributed by atoms with Crippen molar-refractivity contribution < 1.29 is 23.4 Å². The smallest absolute Gasteiger partial charge is 0.394 e. The van der Waals surface area contributed by atoms with Crippen LogP contribution in [0.5, 0.6) is 17.2 Å². The zero-order chi connectivity index (χ0) is 17.9. The van der Waals surface area contributed by atoms with Crippen molar-refractivity contribution >= 4 is 5.69 Å². The predicted octanol–water partition coefficient (Wildman–Crippen LogP) is 4.43. The monoisotopic (exact) mass is 349 g/mol. The molecule has 1 fully saturated rings. The summed E-state index contributed by atoms with van der Waals surface area (Å²) in [4.78, 5) is 2.25. The Morgan fingerprint density at radius 2 is 1.52 bits per heavy atom. The number of hydrogen-bond donors (Lipinski definition) is 1. The molecule has 2 aromatic carbocycles. The van der Waals surface area contributed by atoms with Crippen molar-refractivity contribution in [1.82, 2.24) is 0 Å². The third-order valence-electron chi connectivity index (χ3n) is 4.08. The number of nitrogens with zero attached hydrogens (tertiary/aromatic N) is 1. The first-order valence-corrected chi connectivity index (χ1v) is 8.26. The summed E-state index contributed by atoms with van der Waals surface area (Å²) in [6.07, 6.45) is -1.37. The van der Waals surface area contributed by atoms with Gasteiger partial charge in [-0.25, -0.2) is 0 Å². The molecule has 1 heterocycles. The largest absolute Gasteiger partial charge is 0.508 e. The molecule has 0 bridgehead atoms. The first kappa shape index (κ1) is 17.3. The van der Waals surface area contributed by atoms with E-state index < -0.39 is 6.11 Å². The number of piperidine rings is 1. The van der Waals surface area contributed by atoms with E-state index in [1.165, 1.54) is 12.1 Å². The summed E-state index contributed by atoms with van der Waals surface area (Å²) in [5.74, 6) is 1.02. The fraction of sp³-hybridized carbons (Fsp3) is 0.368. The van der Waals surface area contributed by atoms with Crippen molar-refractivity contribution in [3.05, 3.63) is 48.5 Å². The van der Waals surface area contributed by atoms with E-state index in [9.17, 15) is 13.9 Å². The number of phenolic OH excluding ortho intramolecular Hbond substituents is 1. The van der Waals surface area contributed by atoms with Crippen molar-refractivity contribution in [2.45, 2.75) is 32.0 Å². The van der Waals surface area contributed by atoms with Gasteiger partial charge in [-0.1, -0.05) is 0 Å². The fourth-order valence-corrected chi connectivity index (χ4v) is 2.88. The summed E-state index contributed by atoms with van der Waals surface area (Å²) >= 11 is 0. The summed E-state index contributed by atoms with van der Waals surface area (Å²) in [7, 11) is 0. The molecule has 0 spiro atoms. The summed E-state index contributed by atoms with van der Waals surface area (Å²) in [6, 6.07) is 13.4. The van der Waals surface area contributed by atoms with E-state index in [1.807, 2.05) is 12.1 Å². The van der Waals surface area contributed by atoms with Crippen LogP contribution in [-0.2, 0) is 0 Å². The van der Waals surface area contributed by atoms with E-state index in [2.05, 4.69) is 9.64 Å². The Morgan fingerprint density at radius 1 is 0.960 bits per heavy atom. The molecule has 0 amide bonds. The molecule has 0 saturated carbocycles. The number of ether oxygens (including phenoxy) is 2. The van der Waals surface area contributed by atoms with Crippen molar-refractivity contribution in [3.8, 4) is 17.2 Å². The molecular weight excluding hydrogens is 328 g/mol. The third kappa shape index (κ3) is 4.98. The molecule has 1 aliphatic heterocycles.